The smallest absolute Gasteiger partial charge is 0.172 e. The predicted molar refractivity (Wildman–Crippen MR) is 332 cm³/mol. The number of unbranched alkanes of at least 4 members (excludes halogenated alkanes) is 28. The Hall–Kier alpha value is -3.72. The average molecular weight is 1070 g/mol. The van der Waals surface area contributed by atoms with Crippen LogP contribution in [0, 0.1) is 0 Å². The van der Waals surface area contributed by atoms with E-state index in [-0.39, 0.29) is 0 Å². The molecular weight excluding hydrogens is 975 g/mol. The number of ether oxygens (including phenoxy) is 2. The summed E-state index contributed by atoms with van der Waals surface area (Å²) >= 11 is 4.92. The van der Waals surface area contributed by atoms with Gasteiger partial charge in [0.05, 0.1) is 41.6 Å². The molecule has 0 bridgehead atoms. The van der Waals surface area contributed by atoms with Crippen LogP contribution in [-0.2, 0) is 0 Å². The van der Waals surface area contributed by atoms with Crippen molar-refractivity contribution in [3.05, 3.63) is 72.1 Å². The first-order valence-corrected chi connectivity index (χ1v) is 33.4. The number of aromatic nitrogens is 3. The van der Waals surface area contributed by atoms with Crippen molar-refractivity contribution in [1.82, 2.24) is 13.3 Å². The minimum atomic E-state index is 0.486. The van der Waals surface area contributed by atoms with Gasteiger partial charge < -0.3 is 14.0 Å². The highest BCUT2D eigenvalue weighted by atomic mass is 32.1. The predicted octanol–water partition coefficient (Wildman–Crippen LogP) is 23.6. The number of hydrogen-bond donors (Lipinski definition) is 0. The molecule has 0 aliphatic rings. The van der Waals surface area contributed by atoms with Gasteiger partial charge >= 0.3 is 0 Å². The maximum atomic E-state index is 7.15. The summed E-state index contributed by atoms with van der Waals surface area (Å²) in [5, 5.41) is 4.91. The molecule has 0 N–H and O–H groups in total. The van der Waals surface area contributed by atoms with Gasteiger partial charge in [-0.2, -0.15) is 8.75 Å². The molecule has 0 fully saturated rings. The van der Waals surface area contributed by atoms with Crippen molar-refractivity contribution in [2.75, 3.05) is 13.2 Å². The highest BCUT2D eigenvalue weighted by Gasteiger charge is 2.29. The van der Waals surface area contributed by atoms with Crippen LogP contribution in [0.15, 0.2) is 72.1 Å². The van der Waals surface area contributed by atoms with Crippen LogP contribution < -0.4 is 9.47 Å². The summed E-state index contributed by atoms with van der Waals surface area (Å²) in [5.74, 6) is 1.69. The van der Waals surface area contributed by atoms with E-state index in [0.717, 1.165) is 56.3 Å². The maximum Gasteiger partial charge on any atom is 0.172 e. The number of para-hydroxylation sites is 1. The van der Waals surface area contributed by atoms with E-state index < -0.39 is 0 Å². The van der Waals surface area contributed by atoms with Crippen molar-refractivity contribution in [3.63, 3.8) is 0 Å². The Morgan fingerprint density at radius 2 is 0.880 bits per heavy atom. The highest BCUT2D eigenvalue weighted by Crippen LogP contribution is 2.53. The van der Waals surface area contributed by atoms with Gasteiger partial charge in [0.15, 0.2) is 11.5 Å². The van der Waals surface area contributed by atoms with E-state index in [2.05, 4.69) is 104 Å². The van der Waals surface area contributed by atoms with E-state index in [9.17, 15) is 0 Å². The average Bonchev–Trinajstić information content (AvgIpc) is 4.31. The van der Waals surface area contributed by atoms with Gasteiger partial charge in [0.1, 0.15) is 11.0 Å². The molecule has 0 saturated carbocycles. The van der Waals surface area contributed by atoms with Gasteiger partial charge in [0, 0.05) is 37.0 Å². The summed E-state index contributed by atoms with van der Waals surface area (Å²) in [6.07, 6.45) is 44.4. The zero-order valence-corrected chi connectivity index (χ0v) is 49.8. The van der Waals surface area contributed by atoms with E-state index in [1.807, 2.05) is 11.3 Å². The Morgan fingerprint density at radius 1 is 0.427 bits per heavy atom. The molecule has 0 spiro atoms. The van der Waals surface area contributed by atoms with Gasteiger partial charge in [-0.05, 0) is 67.0 Å². The molecule has 7 aromatic rings. The molecule has 8 heteroatoms. The number of fused-ring (bicyclic) bond motifs is 4. The van der Waals surface area contributed by atoms with Gasteiger partial charge in [-0.1, -0.05) is 257 Å². The van der Waals surface area contributed by atoms with Crippen LogP contribution in [0.4, 0.5) is 0 Å². The summed E-state index contributed by atoms with van der Waals surface area (Å²) in [6, 6.07) is 26.0. The van der Waals surface area contributed by atoms with Crippen LogP contribution in [0.25, 0.3) is 64.2 Å². The molecule has 7 rings (SSSR count). The molecule has 4 aromatic heterocycles. The van der Waals surface area contributed by atoms with Crippen LogP contribution in [0.2, 0.25) is 0 Å². The van der Waals surface area contributed by atoms with Crippen molar-refractivity contribution in [3.8, 4) is 42.8 Å². The van der Waals surface area contributed by atoms with Crippen molar-refractivity contribution in [2.24, 2.45) is 0 Å². The molecule has 0 aliphatic heterocycles. The fourth-order valence-corrected chi connectivity index (χ4v) is 13.9. The summed E-state index contributed by atoms with van der Waals surface area (Å²) < 4.78 is 27.2. The molecular formula is C67H97N3O2S3. The standard InChI is InChI=1S/C67H97N3O2S3/c1-5-9-13-17-21-23-25-27-31-37-49-71-66-62(60-44-39-51-73-60)64-65(69-75-68-64)63(67(66)72-50-38-32-28-26-24-22-18-14-10-6-2)61-48-47-59(74-61)53-45-46-56-55-42-35-36-43-57(55)70(58(56)52-53)54(40-33-29-19-15-11-7-3)41-34-30-20-16-12-8-4/h35-36,39,42-48,51-52,54H,5-34,37-38,40-41,49-50H2,1-4H3. The summed E-state index contributed by atoms with van der Waals surface area (Å²) in [7, 11) is 0. The molecule has 0 unspecified atom stereocenters. The Bertz CT molecular complexity index is 2610. The lowest BCUT2D eigenvalue weighted by molar-refractivity contribution is 0.260. The largest absolute Gasteiger partial charge is 0.489 e. The third-order valence-electron chi connectivity index (χ3n) is 15.9. The highest BCUT2D eigenvalue weighted by molar-refractivity contribution is 7.19. The fourth-order valence-electron chi connectivity index (χ4n) is 11.5. The van der Waals surface area contributed by atoms with Gasteiger partial charge in [0.25, 0.3) is 0 Å². The summed E-state index contributed by atoms with van der Waals surface area (Å²) in [4.78, 5) is 3.58. The first-order valence-electron chi connectivity index (χ1n) is 30.9. The van der Waals surface area contributed by atoms with E-state index in [1.54, 1.807) is 11.3 Å². The summed E-state index contributed by atoms with van der Waals surface area (Å²) in [6.45, 7) is 10.6. The minimum Gasteiger partial charge on any atom is -0.489 e. The lowest BCUT2D eigenvalue weighted by atomic mass is 9.99. The van der Waals surface area contributed by atoms with E-state index in [0.29, 0.717) is 19.3 Å². The SMILES string of the molecule is CCCCCCCCCCCCOc1c(OCCCCCCCCCCCC)c(-c2ccc(-c3ccc4c5ccccc5n(C(CCCCCCCC)CCCCCCCC)c4c3)s2)c2nsnc2c1-c1cccs1. The second-order valence-electron chi connectivity index (χ2n) is 22.0. The zero-order chi connectivity index (χ0) is 52.1. The Labute approximate surface area is 467 Å². The normalized spacial score (nSPS) is 11.9. The van der Waals surface area contributed by atoms with Gasteiger partial charge in [-0.25, -0.2) is 0 Å². The van der Waals surface area contributed by atoms with E-state index in [1.165, 1.54) is 249 Å². The number of nitrogens with zero attached hydrogens (tertiary/aromatic N) is 3. The van der Waals surface area contributed by atoms with Crippen molar-refractivity contribution >= 4 is 67.2 Å². The van der Waals surface area contributed by atoms with Crippen molar-refractivity contribution in [2.45, 2.75) is 252 Å². The Kier molecular flexibility index (Phi) is 26.9. The number of benzene rings is 3. The topological polar surface area (TPSA) is 49.2 Å². The Morgan fingerprint density at radius 3 is 1.39 bits per heavy atom. The minimum absolute atomic E-state index is 0.486. The fraction of sp³-hybridized carbons (Fsp3) is 0.612. The van der Waals surface area contributed by atoms with Gasteiger partial charge in [-0.3, -0.25) is 0 Å². The molecule has 0 atom stereocenters. The molecule has 0 radical (unpaired) electrons. The van der Waals surface area contributed by atoms with Gasteiger partial charge in [0.2, 0.25) is 0 Å². The second-order valence-corrected chi connectivity index (χ2v) is 24.5. The monoisotopic (exact) mass is 1070 g/mol. The number of thiophene rings is 2. The lowest BCUT2D eigenvalue weighted by Crippen LogP contribution is -2.09. The van der Waals surface area contributed by atoms with Gasteiger partial charge in [-0.15, -0.1) is 22.7 Å². The quantitative estimate of drug-likeness (QED) is 0.0358. The van der Waals surface area contributed by atoms with Crippen LogP contribution in [-0.4, -0.2) is 26.5 Å². The second kappa shape index (κ2) is 34.2. The van der Waals surface area contributed by atoms with E-state index >= 15 is 0 Å². The van der Waals surface area contributed by atoms with E-state index in [4.69, 9.17) is 18.2 Å². The van der Waals surface area contributed by atoms with Crippen LogP contribution >= 0.6 is 34.4 Å². The van der Waals surface area contributed by atoms with Crippen molar-refractivity contribution < 1.29 is 9.47 Å². The first kappa shape index (κ1) is 59.0. The number of rotatable bonds is 42. The molecule has 5 nitrogen and oxygen atoms in total. The molecule has 0 amide bonds. The number of hydrogen-bond acceptors (Lipinski definition) is 7. The zero-order valence-electron chi connectivity index (χ0n) is 47.3. The van der Waals surface area contributed by atoms with Crippen molar-refractivity contribution in [1.29, 1.82) is 0 Å². The molecule has 4 heterocycles. The van der Waals surface area contributed by atoms with Crippen LogP contribution in [0.3, 0.4) is 0 Å². The lowest BCUT2D eigenvalue weighted by Gasteiger charge is -2.22. The summed E-state index contributed by atoms with van der Waals surface area (Å²) in [5.41, 5.74) is 7.95. The third kappa shape index (κ3) is 17.6. The molecule has 3 aromatic carbocycles. The Balaban J connectivity index is 1.19. The maximum absolute atomic E-state index is 7.15. The molecule has 0 aliphatic carbocycles. The first-order chi connectivity index (χ1) is 37.2. The van der Waals surface area contributed by atoms with Crippen LogP contribution in [0.1, 0.15) is 252 Å². The molecule has 75 heavy (non-hydrogen) atoms. The molecule has 0 saturated heterocycles. The third-order valence-corrected chi connectivity index (χ3v) is 18.4. The molecule has 410 valence electrons. The van der Waals surface area contributed by atoms with Crippen LogP contribution in [0.5, 0.6) is 11.5 Å².